The van der Waals surface area contributed by atoms with Crippen molar-refractivity contribution in [2.45, 2.75) is 69.8 Å². The standard InChI is InChI=1S/C35H49FN8O4/c1-23(2)32(30-20-31(40-48-30)43-17-15-42(16-18-43)22-35(36)10-13-37-14-11-35)34(47)44-21-27(45)19-29(44)33(46)39-24(3)25-5-7-26(8-6-25)28-9-12-38-41(28)4/h5-9,12,20,23-24,27,29,32,37,45H,10-11,13-19,21-22H2,1-4H3,(H,39,46)/t24?,27-,29+,32?/m1/s1. The molecule has 1 aromatic carbocycles. The van der Waals surface area contributed by atoms with Crippen molar-refractivity contribution < 1.29 is 23.6 Å². The molecule has 3 saturated heterocycles. The summed E-state index contributed by atoms with van der Waals surface area (Å²) in [6, 6.07) is 10.6. The highest BCUT2D eigenvalue weighted by molar-refractivity contribution is 5.91. The third-order valence-electron chi connectivity index (χ3n) is 10.2. The lowest BCUT2D eigenvalue weighted by molar-refractivity contribution is -0.141. The van der Waals surface area contributed by atoms with Gasteiger partial charge in [0, 0.05) is 65.0 Å². The Morgan fingerprint density at radius 1 is 1.10 bits per heavy atom. The van der Waals surface area contributed by atoms with Gasteiger partial charge in [0.1, 0.15) is 17.6 Å². The Bertz CT molecular complexity index is 1540. The number of anilines is 1. The predicted molar refractivity (Wildman–Crippen MR) is 180 cm³/mol. The first kappa shape index (κ1) is 34.1. The number of nitrogens with one attached hydrogen (secondary N) is 2. The molecule has 13 heteroatoms. The van der Waals surface area contributed by atoms with E-state index in [0.29, 0.717) is 44.1 Å². The summed E-state index contributed by atoms with van der Waals surface area (Å²) < 4.78 is 22.9. The molecule has 0 spiro atoms. The van der Waals surface area contributed by atoms with Gasteiger partial charge in [0.25, 0.3) is 0 Å². The smallest absolute Gasteiger partial charge is 0.243 e. The van der Waals surface area contributed by atoms with Gasteiger partial charge >= 0.3 is 0 Å². The Morgan fingerprint density at radius 2 is 1.81 bits per heavy atom. The molecular weight excluding hydrogens is 615 g/mol. The first-order valence-electron chi connectivity index (χ1n) is 17.2. The number of alkyl halides is 1. The van der Waals surface area contributed by atoms with Crippen LogP contribution in [0, 0.1) is 5.92 Å². The van der Waals surface area contributed by atoms with Gasteiger partial charge < -0.3 is 30.1 Å². The molecular formula is C35H49FN8O4. The highest BCUT2D eigenvalue weighted by Gasteiger charge is 2.44. The molecule has 6 rings (SSSR count). The molecule has 0 aliphatic carbocycles. The molecule has 0 bridgehead atoms. The average Bonchev–Trinajstić information content (AvgIpc) is 3.82. The number of aryl methyl sites for hydroxylation is 1. The summed E-state index contributed by atoms with van der Waals surface area (Å²) in [5.74, 6) is -0.291. The lowest BCUT2D eigenvalue weighted by Gasteiger charge is -2.39. The monoisotopic (exact) mass is 664 g/mol. The number of nitrogens with zero attached hydrogens (tertiary/aromatic N) is 6. The van der Waals surface area contributed by atoms with E-state index in [1.165, 1.54) is 4.90 Å². The molecule has 48 heavy (non-hydrogen) atoms. The van der Waals surface area contributed by atoms with Crippen molar-refractivity contribution >= 4 is 17.6 Å². The number of aliphatic hydroxyl groups excluding tert-OH is 1. The summed E-state index contributed by atoms with van der Waals surface area (Å²) in [5.41, 5.74) is 1.80. The largest absolute Gasteiger partial charge is 0.391 e. The number of hydrogen-bond acceptors (Lipinski definition) is 9. The maximum atomic E-state index is 15.3. The maximum Gasteiger partial charge on any atom is 0.243 e. The van der Waals surface area contributed by atoms with Crippen LogP contribution < -0.4 is 15.5 Å². The summed E-state index contributed by atoms with van der Waals surface area (Å²) in [4.78, 5) is 33.5. The number of carbonyl (C=O) groups excluding carboxylic acids is 2. The quantitative estimate of drug-likeness (QED) is 0.300. The number of aliphatic hydroxyl groups is 1. The number of piperidine rings is 1. The fourth-order valence-electron chi connectivity index (χ4n) is 7.36. The third kappa shape index (κ3) is 7.42. The molecule has 2 aromatic heterocycles. The number of likely N-dealkylation sites (tertiary alicyclic amines) is 1. The van der Waals surface area contributed by atoms with Crippen LogP contribution in [0.5, 0.6) is 0 Å². The zero-order valence-electron chi connectivity index (χ0n) is 28.4. The summed E-state index contributed by atoms with van der Waals surface area (Å²) in [6.07, 6.45) is 2.20. The highest BCUT2D eigenvalue weighted by atomic mass is 19.1. The lowest BCUT2D eigenvalue weighted by Crippen LogP contribution is -2.53. The minimum atomic E-state index is -1.14. The van der Waals surface area contributed by atoms with Crippen LogP contribution in [0.2, 0.25) is 0 Å². The number of piperazine rings is 1. The number of rotatable bonds is 10. The average molecular weight is 665 g/mol. The molecule has 3 N–H and O–H groups in total. The number of benzene rings is 1. The minimum Gasteiger partial charge on any atom is -0.391 e. The van der Waals surface area contributed by atoms with Crippen molar-refractivity contribution in [3.63, 3.8) is 0 Å². The van der Waals surface area contributed by atoms with Crippen LogP contribution in [-0.4, -0.2) is 112 Å². The van der Waals surface area contributed by atoms with E-state index in [4.69, 9.17) is 4.52 Å². The summed E-state index contributed by atoms with van der Waals surface area (Å²) >= 11 is 0. The maximum absolute atomic E-state index is 15.3. The molecule has 3 aliphatic heterocycles. The molecule has 5 heterocycles. The van der Waals surface area contributed by atoms with E-state index in [1.54, 1.807) is 6.20 Å². The molecule has 2 amide bonds. The predicted octanol–water partition coefficient (Wildman–Crippen LogP) is 2.87. The van der Waals surface area contributed by atoms with Crippen LogP contribution in [0.4, 0.5) is 10.2 Å². The van der Waals surface area contributed by atoms with Crippen LogP contribution >= 0.6 is 0 Å². The fraction of sp³-hybridized carbons (Fsp3) is 0.600. The van der Waals surface area contributed by atoms with E-state index < -0.39 is 23.7 Å². The first-order chi connectivity index (χ1) is 23.0. The number of carbonyl (C=O) groups is 2. The molecule has 0 saturated carbocycles. The van der Waals surface area contributed by atoms with E-state index in [-0.39, 0.29) is 36.7 Å². The van der Waals surface area contributed by atoms with E-state index in [9.17, 15) is 14.7 Å². The van der Waals surface area contributed by atoms with Crippen LogP contribution in [-0.2, 0) is 16.6 Å². The van der Waals surface area contributed by atoms with Crippen LogP contribution in [0.25, 0.3) is 11.3 Å². The molecule has 260 valence electrons. The zero-order chi connectivity index (χ0) is 34.0. The molecule has 3 fully saturated rings. The molecule has 3 aliphatic rings. The van der Waals surface area contributed by atoms with Crippen molar-refractivity contribution in [2.75, 3.05) is 57.3 Å². The van der Waals surface area contributed by atoms with Crippen LogP contribution in [0.1, 0.15) is 63.3 Å². The van der Waals surface area contributed by atoms with Gasteiger partial charge in [0.2, 0.25) is 11.8 Å². The molecule has 4 atom stereocenters. The van der Waals surface area contributed by atoms with Gasteiger partial charge in [0.05, 0.1) is 17.8 Å². The van der Waals surface area contributed by atoms with Gasteiger partial charge in [-0.25, -0.2) is 4.39 Å². The van der Waals surface area contributed by atoms with Gasteiger partial charge in [-0.1, -0.05) is 43.3 Å². The summed E-state index contributed by atoms with van der Waals surface area (Å²) in [6.45, 7) is 10.6. The van der Waals surface area contributed by atoms with Gasteiger partial charge in [0.15, 0.2) is 11.6 Å². The van der Waals surface area contributed by atoms with Gasteiger partial charge in [-0.05, 0) is 56.0 Å². The van der Waals surface area contributed by atoms with Gasteiger partial charge in [-0.15, -0.1) is 0 Å². The van der Waals surface area contributed by atoms with E-state index in [1.807, 2.05) is 68.9 Å². The van der Waals surface area contributed by atoms with Crippen molar-refractivity contribution in [1.29, 1.82) is 0 Å². The number of aromatic nitrogens is 3. The zero-order valence-corrected chi connectivity index (χ0v) is 28.4. The normalized spacial score (nSPS) is 23.0. The lowest BCUT2D eigenvalue weighted by atomic mass is 9.91. The van der Waals surface area contributed by atoms with Crippen LogP contribution in [0.15, 0.2) is 47.1 Å². The second-order valence-corrected chi connectivity index (χ2v) is 14.1. The van der Waals surface area contributed by atoms with Crippen LogP contribution in [0.3, 0.4) is 0 Å². The Kier molecular flexibility index (Phi) is 10.2. The number of amides is 2. The van der Waals surface area contributed by atoms with Gasteiger partial charge in [-0.3, -0.25) is 19.2 Å². The van der Waals surface area contributed by atoms with Crippen molar-refractivity contribution in [2.24, 2.45) is 13.0 Å². The summed E-state index contributed by atoms with van der Waals surface area (Å²) in [7, 11) is 1.89. The topological polar surface area (TPSA) is 132 Å². The van der Waals surface area contributed by atoms with E-state index >= 15 is 4.39 Å². The molecule has 3 aromatic rings. The number of hydrogen-bond donors (Lipinski definition) is 3. The Labute approximate surface area is 281 Å². The second-order valence-electron chi connectivity index (χ2n) is 14.1. The molecule has 12 nitrogen and oxygen atoms in total. The highest BCUT2D eigenvalue weighted by Crippen LogP contribution is 2.33. The van der Waals surface area contributed by atoms with Crippen molar-refractivity contribution in [1.82, 2.24) is 35.4 Å². The fourth-order valence-corrected chi connectivity index (χ4v) is 7.36. The first-order valence-corrected chi connectivity index (χ1v) is 17.2. The Balaban J connectivity index is 1.08. The second kappa shape index (κ2) is 14.4. The molecule has 2 unspecified atom stereocenters. The van der Waals surface area contributed by atoms with Crippen molar-refractivity contribution in [3.8, 4) is 11.3 Å². The number of β-amino-alcohol motifs (C(OH)–C–C–N with tert-alkyl or cyclic N) is 1. The number of halogens is 1. The summed E-state index contributed by atoms with van der Waals surface area (Å²) in [5, 5.41) is 25.5. The Morgan fingerprint density at radius 3 is 2.46 bits per heavy atom. The third-order valence-corrected chi connectivity index (χ3v) is 10.2. The Hall–Kier alpha value is -3.81. The van der Waals surface area contributed by atoms with E-state index in [2.05, 4.69) is 30.7 Å². The SMILES string of the molecule is CC(NC(=O)[C@@H]1C[C@@H](O)CN1C(=O)C(c1cc(N2CCN(CC3(F)CCNCC3)CC2)no1)C(C)C)c1ccc(-c2ccnn2C)cc1. The molecule has 0 radical (unpaired) electrons. The minimum absolute atomic E-state index is 0.0724. The van der Waals surface area contributed by atoms with Crippen molar-refractivity contribution in [3.05, 3.63) is 53.9 Å². The van der Waals surface area contributed by atoms with E-state index in [0.717, 1.165) is 43.0 Å². The van der Waals surface area contributed by atoms with Gasteiger partial charge in [-0.2, -0.15) is 5.10 Å².